The molecule has 1 atom stereocenters. The zero-order valence-electron chi connectivity index (χ0n) is 41.2. The van der Waals surface area contributed by atoms with Crippen LogP contribution in [0.1, 0.15) is 272 Å². The van der Waals surface area contributed by atoms with Gasteiger partial charge in [-0.15, -0.1) is 0 Å². The summed E-state index contributed by atoms with van der Waals surface area (Å²) in [4.78, 5) is 27.0. The van der Waals surface area contributed by atoms with Gasteiger partial charge in [0.25, 0.3) is 0 Å². The SMILES string of the molecule is CCCCCCCCC(CC)OC.CCCCCCCCC(CCCCCCCC)OC(=O)CCCCCCCN(CCCCCCCC=O)CCCNC(=S)C1(C)CC1. The lowest BCUT2D eigenvalue weighted by Crippen LogP contribution is -2.33. The fourth-order valence-corrected chi connectivity index (χ4v) is 8.46. The summed E-state index contributed by atoms with van der Waals surface area (Å²) in [6, 6.07) is 0. The Morgan fingerprint density at radius 2 is 1.02 bits per heavy atom. The molecule has 356 valence electrons. The van der Waals surface area contributed by atoms with Crippen LogP contribution in [0.25, 0.3) is 0 Å². The Labute approximate surface area is 380 Å². The van der Waals surface area contributed by atoms with Gasteiger partial charge in [0, 0.05) is 31.9 Å². The lowest BCUT2D eigenvalue weighted by Gasteiger charge is -2.23. The normalized spacial score (nSPS) is 13.6. The number of rotatable bonds is 45. The van der Waals surface area contributed by atoms with Gasteiger partial charge in [-0.25, -0.2) is 0 Å². The number of hydrogen-bond donors (Lipinski definition) is 1. The Balaban J connectivity index is 0.00000228. The molecule has 1 unspecified atom stereocenters. The Morgan fingerprint density at radius 1 is 0.600 bits per heavy atom. The van der Waals surface area contributed by atoms with Crippen molar-refractivity contribution in [2.24, 2.45) is 5.41 Å². The maximum Gasteiger partial charge on any atom is 0.306 e. The van der Waals surface area contributed by atoms with Crippen LogP contribution in [0.4, 0.5) is 0 Å². The van der Waals surface area contributed by atoms with Crippen molar-refractivity contribution in [2.45, 2.75) is 284 Å². The average molecular weight is 865 g/mol. The molecule has 1 saturated carbocycles. The third kappa shape index (κ3) is 38.6. The zero-order valence-corrected chi connectivity index (χ0v) is 42.0. The van der Waals surface area contributed by atoms with Gasteiger partial charge >= 0.3 is 5.97 Å². The van der Waals surface area contributed by atoms with E-state index < -0.39 is 0 Å². The minimum absolute atomic E-state index is 0.0353. The summed E-state index contributed by atoms with van der Waals surface area (Å²) < 4.78 is 11.4. The third-order valence-electron chi connectivity index (χ3n) is 12.9. The van der Waals surface area contributed by atoms with E-state index in [0.717, 1.165) is 75.9 Å². The molecule has 7 heteroatoms. The van der Waals surface area contributed by atoms with E-state index in [2.05, 4.69) is 44.8 Å². The van der Waals surface area contributed by atoms with E-state index in [0.29, 0.717) is 18.9 Å². The average Bonchev–Trinajstić information content (AvgIpc) is 4.01. The molecule has 0 aromatic heterocycles. The van der Waals surface area contributed by atoms with Crippen molar-refractivity contribution in [3.63, 3.8) is 0 Å². The van der Waals surface area contributed by atoms with Crippen molar-refractivity contribution in [1.82, 2.24) is 10.2 Å². The van der Waals surface area contributed by atoms with Crippen molar-refractivity contribution in [2.75, 3.05) is 33.3 Å². The number of nitrogens with one attached hydrogen (secondary N) is 1. The molecular formula is C53H104N2O4S. The van der Waals surface area contributed by atoms with Crippen molar-refractivity contribution in [3.05, 3.63) is 0 Å². The lowest BCUT2D eigenvalue weighted by molar-refractivity contribution is -0.150. The Hall–Kier alpha value is -1.05. The molecule has 60 heavy (non-hydrogen) atoms. The number of esters is 1. The van der Waals surface area contributed by atoms with Crippen molar-refractivity contribution >= 4 is 29.5 Å². The van der Waals surface area contributed by atoms with Crippen LogP contribution in [-0.4, -0.2) is 67.6 Å². The quantitative estimate of drug-likeness (QED) is 0.0283. The fourth-order valence-electron chi connectivity index (χ4n) is 8.15. The van der Waals surface area contributed by atoms with Crippen molar-refractivity contribution < 1.29 is 19.1 Å². The predicted octanol–water partition coefficient (Wildman–Crippen LogP) is 15.9. The van der Waals surface area contributed by atoms with Gasteiger partial charge < -0.3 is 24.5 Å². The summed E-state index contributed by atoms with van der Waals surface area (Å²) in [5, 5.41) is 3.52. The first-order chi connectivity index (χ1) is 29.3. The second kappa shape index (κ2) is 44.6. The summed E-state index contributed by atoms with van der Waals surface area (Å²) in [7, 11) is 1.82. The Kier molecular flexibility index (Phi) is 43.8. The summed E-state index contributed by atoms with van der Waals surface area (Å²) in [5.41, 5.74) is 0.276. The fraction of sp³-hybridized carbons (Fsp3) is 0.943. The van der Waals surface area contributed by atoms with Gasteiger partial charge in [0.05, 0.1) is 11.1 Å². The highest BCUT2D eigenvalue weighted by Crippen LogP contribution is 2.45. The Morgan fingerprint density at radius 3 is 1.47 bits per heavy atom. The molecule has 1 N–H and O–H groups in total. The van der Waals surface area contributed by atoms with E-state index >= 15 is 0 Å². The first kappa shape index (κ1) is 58.9. The van der Waals surface area contributed by atoms with Gasteiger partial charge in [-0.05, 0) is 103 Å². The monoisotopic (exact) mass is 865 g/mol. The highest BCUT2D eigenvalue weighted by atomic mass is 32.1. The second-order valence-corrected chi connectivity index (χ2v) is 19.2. The molecule has 0 spiro atoms. The van der Waals surface area contributed by atoms with Crippen molar-refractivity contribution in [1.29, 1.82) is 0 Å². The van der Waals surface area contributed by atoms with Crippen LogP contribution in [0.15, 0.2) is 0 Å². The summed E-state index contributed by atoms with van der Waals surface area (Å²) in [5.74, 6) is 0.0353. The Bertz CT molecular complexity index is 924. The first-order valence-corrected chi connectivity index (χ1v) is 26.9. The molecule has 0 amide bonds. The van der Waals surface area contributed by atoms with E-state index in [4.69, 9.17) is 21.7 Å². The molecule has 0 aliphatic heterocycles. The van der Waals surface area contributed by atoms with E-state index in [1.54, 1.807) is 0 Å². The highest BCUT2D eigenvalue weighted by Gasteiger charge is 2.41. The van der Waals surface area contributed by atoms with Gasteiger partial charge in [0.15, 0.2) is 0 Å². The molecule has 1 aliphatic carbocycles. The van der Waals surface area contributed by atoms with E-state index in [1.165, 1.54) is 186 Å². The smallest absolute Gasteiger partial charge is 0.306 e. The number of ether oxygens (including phenoxy) is 2. The topological polar surface area (TPSA) is 67.9 Å². The third-order valence-corrected chi connectivity index (χ3v) is 13.5. The molecule has 0 heterocycles. The molecule has 6 nitrogen and oxygen atoms in total. The van der Waals surface area contributed by atoms with Gasteiger partial charge in [-0.3, -0.25) is 4.79 Å². The number of methoxy groups -OCH3 is 1. The molecular weight excluding hydrogens is 761 g/mol. The van der Waals surface area contributed by atoms with E-state index in [9.17, 15) is 9.59 Å². The molecule has 0 aromatic rings. The molecule has 0 radical (unpaired) electrons. The van der Waals surface area contributed by atoms with E-state index in [1.807, 2.05) is 7.11 Å². The van der Waals surface area contributed by atoms with Gasteiger partial charge in [0.1, 0.15) is 12.4 Å². The van der Waals surface area contributed by atoms with Crippen LogP contribution < -0.4 is 5.32 Å². The largest absolute Gasteiger partial charge is 0.462 e. The molecule has 0 bridgehead atoms. The van der Waals surface area contributed by atoms with Crippen LogP contribution in [0, 0.1) is 5.41 Å². The highest BCUT2D eigenvalue weighted by molar-refractivity contribution is 7.80. The van der Waals surface area contributed by atoms with Crippen LogP contribution in [-0.2, 0) is 19.1 Å². The zero-order chi connectivity index (χ0) is 44.2. The number of thiocarbonyl (C=S) groups is 1. The van der Waals surface area contributed by atoms with Crippen molar-refractivity contribution in [3.8, 4) is 0 Å². The summed E-state index contributed by atoms with van der Waals surface area (Å²) in [6.07, 6.45) is 46.6. The number of unbranched alkanes of at least 4 members (excludes halogenated alkanes) is 24. The molecule has 1 rings (SSSR count). The summed E-state index contributed by atoms with van der Waals surface area (Å²) >= 11 is 5.61. The maximum atomic E-state index is 12.7. The van der Waals surface area contributed by atoms with Crippen LogP contribution in [0.3, 0.4) is 0 Å². The summed E-state index contributed by atoms with van der Waals surface area (Å²) in [6.45, 7) is 15.7. The minimum Gasteiger partial charge on any atom is -0.462 e. The lowest BCUT2D eigenvalue weighted by atomic mass is 10.0. The van der Waals surface area contributed by atoms with Crippen LogP contribution in [0.5, 0.6) is 0 Å². The first-order valence-electron chi connectivity index (χ1n) is 26.5. The van der Waals surface area contributed by atoms with Crippen LogP contribution in [0.2, 0.25) is 0 Å². The number of aldehydes is 1. The molecule has 0 saturated heterocycles. The van der Waals surface area contributed by atoms with Gasteiger partial charge in [-0.1, -0.05) is 188 Å². The molecule has 0 aromatic carbocycles. The molecule has 1 fully saturated rings. The number of carbonyl (C=O) groups excluding carboxylic acids is 2. The van der Waals surface area contributed by atoms with Gasteiger partial charge in [0.2, 0.25) is 0 Å². The minimum atomic E-state index is 0.0353. The number of nitrogens with zero attached hydrogens (tertiary/aromatic N) is 1. The maximum absolute atomic E-state index is 12.7. The van der Waals surface area contributed by atoms with Crippen LogP contribution >= 0.6 is 12.2 Å². The molecule has 1 aliphatic rings. The van der Waals surface area contributed by atoms with Gasteiger partial charge in [-0.2, -0.15) is 0 Å². The second-order valence-electron chi connectivity index (χ2n) is 18.8. The van der Waals surface area contributed by atoms with E-state index in [-0.39, 0.29) is 17.5 Å². The number of carbonyl (C=O) groups is 2. The number of hydrogen-bond acceptors (Lipinski definition) is 6. The standard InChI is InChI=1S/C41H78N2O3S.C12H26O/c1-4-6-8-10-15-21-28-38(29-22-16-11-9-7-5-2)46-39(45)30-23-17-14-19-25-35-43(34-24-18-12-13-20-26-37-44)36-27-33-42-40(47)41(3)31-32-41;1-4-6-7-8-9-10-11-12(5-2)13-3/h37-38H,4-36H2,1-3H3,(H,42,47);12H,4-11H2,1-3H3. The predicted molar refractivity (Wildman–Crippen MR) is 265 cm³/mol.